The van der Waals surface area contributed by atoms with Crippen LogP contribution in [0.5, 0.6) is 0 Å². The zero-order chi connectivity index (χ0) is 13.8. The van der Waals surface area contributed by atoms with Gasteiger partial charge in [0.15, 0.2) is 0 Å². The van der Waals surface area contributed by atoms with E-state index in [1.807, 2.05) is 13.8 Å². The first-order valence-corrected chi connectivity index (χ1v) is 6.60. The van der Waals surface area contributed by atoms with E-state index in [0.717, 1.165) is 24.2 Å². The van der Waals surface area contributed by atoms with Crippen molar-refractivity contribution in [1.82, 2.24) is 5.32 Å². The standard InChI is InChI=1S/C11H17N3O3S/c1-3-11(12,4-2)7-13-10(15)8-5-9(14(16)17)18-6-8/h5-6H,3-4,7,12H2,1-2H3,(H,13,15). The topological polar surface area (TPSA) is 98.3 Å². The van der Waals surface area contributed by atoms with Gasteiger partial charge in [0.05, 0.1) is 10.5 Å². The molecule has 18 heavy (non-hydrogen) atoms. The van der Waals surface area contributed by atoms with Crippen molar-refractivity contribution in [3.8, 4) is 0 Å². The molecule has 0 saturated heterocycles. The molecule has 0 aliphatic heterocycles. The molecule has 0 radical (unpaired) electrons. The van der Waals surface area contributed by atoms with Crippen LogP contribution >= 0.6 is 11.3 Å². The number of hydrogen-bond donors (Lipinski definition) is 2. The van der Waals surface area contributed by atoms with Gasteiger partial charge in [-0.15, -0.1) is 0 Å². The molecule has 0 aliphatic carbocycles. The molecular weight excluding hydrogens is 254 g/mol. The number of nitro groups is 1. The van der Waals surface area contributed by atoms with Crippen molar-refractivity contribution in [2.45, 2.75) is 32.2 Å². The summed E-state index contributed by atoms with van der Waals surface area (Å²) in [6.07, 6.45) is 1.52. The molecule has 6 nitrogen and oxygen atoms in total. The third kappa shape index (κ3) is 3.51. The van der Waals surface area contributed by atoms with Crippen molar-refractivity contribution in [2.24, 2.45) is 5.73 Å². The lowest BCUT2D eigenvalue weighted by atomic mass is 9.94. The molecule has 1 aromatic heterocycles. The minimum atomic E-state index is -0.507. The van der Waals surface area contributed by atoms with E-state index >= 15 is 0 Å². The number of carbonyl (C=O) groups excluding carboxylic acids is 1. The Hall–Kier alpha value is -1.47. The van der Waals surface area contributed by atoms with E-state index in [2.05, 4.69) is 5.32 Å². The maximum atomic E-state index is 11.8. The first-order valence-electron chi connectivity index (χ1n) is 5.72. The molecule has 0 saturated carbocycles. The van der Waals surface area contributed by atoms with Gasteiger partial charge in [0.1, 0.15) is 0 Å². The smallest absolute Gasteiger partial charge is 0.324 e. The Labute approximate surface area is 109 Å². The van der Waals surface area contributed by atoms with Crippen molar-refractivity contribution >= 4 is 22.2 Å². The summed E-state index contributed by atoms with van der Waals surface area (Å²) in [5.41, 5.74) is 5.94. The van der Waals surface area contributed by atoms with Gasteiger partial charge in [0.2, 0.25) is 0 Å². The number of nitrogens with two attached hydrogens (primary N) is 1. The lowest BCUT2D eigenvalue weighted by molar-refractivity contribution is -0.380. The average Bonchev–Trinajstić information content (AvgIpc) is 2.85. The molecule has 100 valence electrons. The SMILES string of the molecule is CCC(N)(CC)CNC(=O)c1csc([N+](=O)[O-])c1. The first-order chi connectivity index (χ1) is 8.41. The minimum Gasteiger partial charge on any atom is -0.350 e. The van der Waals surface area contributed by atoms with E-state index in [0.29, 0.717) is 12.1 Å². The van der Waals surface area contributed by atoms with Gasteiger partial charge in [-0.2, -0.15) is 0 Å². The van der Waals surface area contributed by atoms with Crippen LogP contribution in [0.4, 0.5) is 5.00 Å². The van der Waals surface area contributed by atoms with Crippen molar-refractivity contribution in [3.05, 3.63) is 27.1 Å². The monoisotopic (exact) mass is 271 g/mol. The van der Waals surface area contributed by atoms with Gasteiger partial charge >= 0.3 is 5.00 Å². The van der Waals surface area contributed by atoms with Crippen LogP contribution in [0.3, 0.4) is 0 Å². The molecule has 7 heteroatoms. The second-order valence-electron chi connectivity index (χ2n) is 4.18. The molecule has 1 rings (SSSR count). The molecule has 0 atom stereocenters. The van der Waals surface area contributed by atoms with Gasteiger partial charge in [-0.25, -0.2) is 0 Å². The highest BCUT2D eigenvalue weighted by Gasteiger charge is 2.22. The van der Waals surface area contributed by atoms with Gasteiger partial charge in [-0.1, -0.05) is 25.2 Å². The third-order valence-electron chi connectivity index (χ3n) is 3.04. The van der Waals surface area contributed by atoms with Crippen LogP contribution in [-0.4, -0.2) is 22.9 Å². The number of hydrogen-bond acceptors (Lipinski definition) is 5. The molecule has 1 aromatic rings. The van der Waals surface area contributed by atoms with E-state index in [1.165, 1.54) is 11.4 Å². The summed E-state index contributed by atoms with van der Waals surface area (Å²) in [7, 11) is 0. The summed E-state index contributed by atoms with van der Waals surface area (Å²) >= 11 is 0.940. The van der Waals surface area contributed by atoms with Crippen molar-refractivity contribution in [2.75, 3.05) is 6.54 Å². The van der Waals surface area contributed by atoms with Gasteiger partial charge in [-0.05, 0) is 12.8 Å². The molecule has 3 N–H and O–H groups in total. The molecule has 0 unspecified atom stereocenters. The van der Waals surface area contributed by atoms with Gasteiger partial charge in [0, 0.05) is 23.5 Å². The molecular formula is C11H17N3O3S. The number of carbonyl (C=O) groups is 1. The minimum absolute atomic E-state index is 0.0369. The highest BCUT2D eigenvalue weighted by molar-refractivity contribution is 7.13. The zero-order valence-electron chi connectivity index (χ0n) is 10.4. The van der Waals surface area contributed by atoms with Crippen LogP contribution < -0.4 is 11.1 Å². The first kappa shape index (κ1) is 14.6. The van der Waals surface area contributed by atoms with Crippen LogP contribution in [0.25, 0.3) is 0 Å². The van der Waals surface area contributed by atoms with Crippen LogP contribution in [0, 0.1) is 10.1 Å². The molecule has 0 aliphatic rings. The second kappa shape index (κ2) is 5.92. The number of amides is 1. The van der Waals surface area contributed by atoms with E-state index in [1.54, 1.807) is 0 Å². The van der Waals surface area contributed by atoms with Crippen molar-refractivity contribution < 1.29 is 9.72 Å². The molecule has 0 spiro atoms. The fourth-order valence-electron chi connectivity index (χ4n) is 1.40. The van der Waals surface area contributed by atoms with Gasteiger partial charge in [-0.3, -0.25) is 14.9 Å². The van der Waals surface area contributed by atoms with Crippen molar-refractivity contribution in [1.29, 1.82) is 0 Å². The van der Waals surface area contributed by atoms with Crippen LogP contribution in [0.2, 0.25) is 0 Å². The van der Waals surface area contributed by atoms with Crippen LogP contribution in [0.15, 0.2) is 11.4 Å². The normalized spacial score (nSPS) is 11.3. The summed E-state index contributed by atoms with van der Waals surface area (Å²) in [4.78, 5) is 21.8. The lowest BCUT2D eigenvalue weighted by Crippen LogP contribution is -2.49. The van der Waals surface area contributed by atoms with Crippen LogP contribution in [0.1, 0.15) is 37.0 Å². The quantitative estimate of drug-likeness (QED) is 0.609. The highest BCUT2D eigenvalue weighted by Crippen LogP contribution is 2.22. The largest absolute Gasteiger partial charge is 0.350 e. The molecule has 1 amide bonds. The van der Waals surface area contributed by atoms with E-state index in [4.69, 9.17) is 5.73 Å². The summed E-state index contributed by atoms with van der Waals surface area (Å²) in [6, 6.07) is 1.27. The van der Waals surface area contributed by atoms with Crippen molar-refractivity contribution in [3.63, 3.8) is 0 Å². The summed E-state index contributed by atoms with van der Waals surface area (Å²) in [5.74, 6) is -0.323. The summed E-state index contributed by atoms with van der Waals surface area (Å²) < 4.78 is 0. The van der Waals surface area contributed by atoms with E-state index in [-0.39, 0.29) is 10.9 Å². The van der Waals surface area contributed by atoms with E-state index < -0.39 is 10.5 Å². The van der Waals surface area contributed by atoms with Gasteiger partial charge in [0.25, 0.3) is 5.91 Å². The zero-order valence-corrected chi connectivity index (χ0v) is 11.3. The maximum absolute atomic E-state index is 11.8. The summed E-state index contributed by atoms with van der Waals surface area (Å²) in [5, 5.41) is 14.7. The maximum Gasteiger partial charge on any atom is 0.324 e. The molecule has 0 aromatic carbocycles. The van der Waals surface area contributed by atoms with Gasteiger partial charge < -0.3 is 11.1 Å². The summed E-state index contributed by atoms with van der Waals surface area (Å²) in [6.45, 7) is 4.29. The number of nitrogens with zero attached hydrogens (tertiary/aromatic N) is 1. The fraction of sp³-hybridized carbons (Fsp3) is 0.545. The number of thiophene rings is 1. The fourth-order valence-corrected chi connectivity index (χ4v) is 2.10. The third-order valence-corrected chi connectivity index (χ3v) is 3.92. The number of nitrogens with one attached hydrogen (secondary N) is 1. The average molecular weight is 271 g/mol. The Balaban J connectivity index is 2.62. The Morgan fingerprint density at radius 1 is 1.56 bits per heavy atom. The molecule has 0 bridgehead atoms. The second-order valence-corrected chi connectivity index (χ2v) is 5.07. The van der Waals surface area contributed by atoms with E-state index in [9.17, 15) is 14.9 Å². The molecule has 1 heterocycles. The predicted octanol–water partition coefficient (Wildman–Crippen LogP) is 1.90. The Kier molecular flexibility index (Phi) is 4.80. The Morgan fingerprint density at radius 3 is 2.61 bits per heavy atom. The lowest BCUT2D eigenvalue weighted by Gasteiger charge is -2.26. The Bertz CT molecular complexity index is 440. The van der Waals surface area contributed by atoms with Crippen LogP contribution in [-0.2, 0) is 0 Å². The number of rotatable bonds is 6. The Morgan fingerprint density at radius 2 is 2.17 bits per heavy atom. The molecule has 0 fully saturated rings. The highest BCUT2D eigenvalue weighted by atomic mass is 32.1. The predicted molar refractivity (Wildman–Crippen MR) is 70.8 cm³/mol.